The van der Waals surface area contributed by atoms with E-state index in [2.05, 4.69) is 41.8 Å². The van der Waals surface area contributed by atoms with Crippen molar-refractivity contribution in [1.82, 2.24) is 4.57 Å². The van der Waals surface area contributed by atoms with E-state index in [-0.39, 0.29) is 0 Å². The van der Waals surface area contributed by atoms with Crippen molar-refractivity contribution in [2.24, 2.45) is 7.05 Å². The van der Waals surface area contributed by atoms with Crippen LogP contribution in [0.4, 0.5) is 22.0 Å². The van der Waals surface area contributed by atoms with Crippen molar-refractivity contribution in [1.29, 1.82) is 0 Å². The molecule has 0 atom stereocenters. The van der Waals surface area contributed by atoms with Crippen LogP contribution in [0, 0.1) is 29.1 Å². The normalized spacial score (nSPS) is 10.5. The van der Waals surface area contributed by atoms with Gasteiger partial charge in [0.05, 0.1) is 13.6 Å². The highest BCUT2D eigenvalue weighted by atomic mass is 19.2. The number of aryl methyl sites for hydroxylation is 2. The zero-order chi connectivity index (χ0) is 19.0. The Balaban J connectivity index is 0.000000251. The average Bonchev–Trinajstić information content (AvgIpc) is 3.02. The summed E-state index contributed by atoms with van der Waals surface area (Å²) in [7, 11) is 2.06. The minimum atomic E-state index is -2.33. The van der Waals surface area contributed by atoms with Gasteiger partial charge in [-0.3, -0.25) is 0 Å². The van der Waals surface area contributed by atoms with Crippen LogP contribution in [-0.2, 0) is 13.6 Å². The van der Waals surface area contributed by atoms with Crippen molar-refractivity contribution in [2.45, 2.75) is 45.6 Å². The summed E-state index contributed by atoms with van der Waals surface area (Å²) in [4.78, 5) is 0. The van der Waals surface area contributed by atoms with Gasteiger partial charge in [-0.15, -0.1) is 0 Å². The minimum Gasteiger partial charge on any atom is -0.868 e. The summed E-state index contributed by atoms with van der Waals surface area (Å²) in [5.41, 5.74) is 0. The number of hydrogen-bond donors (Lipinski definition) is 0. The Hall–Kier alpha value is -2.12. The van der Waals surface area contributed by atoms with Crippen molar-refractivity contribution >= 4 is 0 Å². The van der Waals surface area contributed by atoms with Crippen LogP contribution >= 0.6 is 0 Å². The van der Waals surface area contributed by atoms with E-state index in [1.165, 1.54) is 38.6 Å². The maximum Gasteiger partial charge on any atom is 0.243 e. The van der Waals surface area contributed by atoms with Crippen LogP contribution in [0.1, 0.15) is 39.0 Å². The zero-order valence-electron chi connectivity index (χ0n) is 14.2. The highest BCUT2D eigenvalue weighted by Gasteiger charge is 2.20. The zero-order valence-corrected chi connectivity index (χ0v) is 14.2. The van der Waals surface area contributed by atoms with Crippen molar-refractivity contribution in [3.8, 4) is 5.75 Å². The van der Waals surface area contributed by atoms with E-state index in [1.807, 2.05) is 0 Å². The SMILES string of the molecule is CCCCCCCn1cc[n+](C)c1.[O-]c1c(F)c(F)c(F)c(F)c1F. The second-order valence-corrected chi connectivity index (χ2v) is 5.63. The Morgan fingerprint density at radius 2 is 1.40 bits per heavy atom. The van der Waals surface area contributed by atoms with Crippen LogP contribution < -0.4 is 9.67 Å². The summed E-state index contributed by atoms with van der Waals surface area (Å²) >= 11 is 0. The second kappa shape index (κ2) is 10.0. The fourth-order valence-electron chi connectivity index (χ4n) is 2.12. The molecule has 2 rings (SSSR count). The molecule has 3 nitrogen and oxygen atoms in total. The number of nitrogens with zero attached hydrogens (tertiary/aromatic N) is 2. The molecule has 1 aromatic carbocycles. The lowest BCUT2D eigenvalue weighted by molar-refractivity contribution is -0.671. The fraction of sp³-hybridized carbons (Fsp3) is 0.471. The quantitative estimate of drug-likeness (QED) is 0.253. The van der Waals surface area contributed by atoms with Gasteiger partial charge in [0.1, 0.15) is 12.4 Å². The topological polar surface area (TPSA) is 31.9 Å². The third-order valence-electron chi connectivity index (χ3n) is 3.51. The standard InChI is InChI=1S/C11H21N2.C6HF5O/c1-3-4-5-6-7-8-13-10-9-12(2)11-13;7-1-2(8)4(10)6(12)5(11)3(1)9/h9-11H,3-8H2,1-2H3;12H/q+1;/p-1. The van der Waals surface area contributed by atoms with Crippen LogP contribution in [0.25, 0.3) is 0 Å². The Kier molecular flexibility index (Phi) is 8.37. The number of halogens is 5. The van der Waals surface area contributed by atoms with E-state index in [9.17, 15) is 27.1 Å². The molecule has 0 radical (unpaired) electrons. The molecule has 0 aliphatic heterocycles. The summed E-state index contributed by atoms with van der Waals surface area (Å²) in [5.74, 6) is -13.6. The summed E-state index contributed by atoms with van der Waals surface area (Å²) in [6, 6.07) is 0. The largest absolute Gasteiger partial charge is 0.868 e. The van der Waals surface area contributed by atoms with Gasteiger partial charge < -0.3 is 5.11 Å². The highest BCUT2D eigenvalue weighted by Crippen LogP contribution is 2.25. The van der Waals surface area contributed by atoms with Gasteiger partial charge >= 0.3 is 0 Å². The van der Waals surface area contributed by atoms with Crippen molar-refractivity contribution < 1.29 is 31.6 Å². The van der Waals surface area contributed by atoms with Gasteiger partial charge in [-0.25, -0.2) is 31.1 Å². The van der Waals surface area contributed by atoms with Gasteiger partial charge in [0.25, 0.3) is 0 Å². The molecule has 0 saturated heterocycles. The third kappa shape index (κ3) is 6.03. The average molecular weight is 364 g/mol. The lowest BCUT2D eigenvalue weighted by Gasteiger charge is -2.09. The molecule has 2 aromatic rings. The molecular formula is C17H21F5N2O. The van der Waals surface area contributed by atoms with E-state index in [4.69, 9.17) is 0 Å². The van der Waals surface area contributed by atoms with E-state index in [0.29, 0.717) is 0 Å². The number of rotatable bonds is 6. The van der Waals surface area contributed by atoms with Crippen LogP contribution in [0.2, 0.25) is 0 Å². The lowest BCUT2D eigenvalue weighted by Crippen LogP contribution is -2.23. The molecule has 0 bridgehead atoms. The summed E-state index contributed by atoms with van der Waals surface area (Å²) in [5, 5.41) is 10.2. The summed E-state index contributed by atoms with van der Waals surface area (Å²) in [6.07, 6.45) is 13.2. The van der Waals surface area contributed by atoms with Gasteiger partial charge in [0, 0.05) is 0 Å². The molecule has 0 spiro atoms. The maximum absolute atomic E-state index is 12.1. The molecule has 1 heterocycles. The summed E-state index contributed by atoms with van der Waals surface area (Å²) in [6.45, 7) is 3.43. The maximum atomic E-state index is 12.1. The predicted octanol–water partition coefficient (Wildman–Crippen LogP) is 3.74. The summed E-state index contributed by atoms with van der Waals surface area (Å²) < 4.78 is 64.8. The molecule has 0 aliphatic rings. The Morgan fingerprint density at radius 1 is 0.880 bits per heavy atom. The Labute approximate surface area is 143 Å². The first kappa shape index (κ1) is 20.9. The second-order valence-electron chi connectivity index (χ2n) is 5.63. The number of aromatic nitrogens is 2. The molecule has 0 saturated carbocycles. The molecule has 8 heteroatoms. The third-order valence-corrected chi connectivity index (χ3v) is 3.51. The first-order valence-electron chi connectivity index (χ1n) is 7.99. The first-order valence-corrected chi connectivity index (χ1v) is 7.99. The molecule has 0 N–H and O–H groups in total. The van der Waals surface area contributed by atoms with E-state index in [0.717, 1.165) is 0 Å². The number of imidazole rings is 1. The number of benzene rings is 1. The molecule has 1 aromatic heterocycles. The Bertz CT molecular complexity index is 583. The number of hydrogen-bond acceptors (Lipinski definition) is 1. The van der Waals surface area contributed by atoms with Gasteiger partial charge in [-0.2, -0.15) is 0 Å². The fourth-order valence-corrected chi connectivity index (χ4v) is 2.12. The Morgan fingerprint density at radius 3 is 1.88 bits per heavy atom. The van der Waals surface area contributed by atoms with Crippen LogP contribution in [0.3, 0.4) is 0 Å². The molecule has 140 valence electrons. The monoisotopic (exact) mass is 364 g/mol. The molecule has 0 amide bonds. The minimum absolute atomic E-state index is 1.17. The smallest absolute Gasteiger partial charge is 0.243 e. The molecule has 0 fully saturated rings. The first-order chi connectivity index (χ1) is 11.8. The van der Waals surface area contributed by atoms with Gasteiger partial charge in [0.2, 0.25) is 6.33 Å². The molecular weight excluding hydrogens is 343 g/mol. The van der Waals surface area contributed by atoms with Gasteiger partial charge in [-0.05, 0) is 18.6 Å². The molecule has 0 aliphatic carbocycles. The molecule has 25 heavy (non-hydrogen) atoms. The highest BCUT2D eigenvalue weighted by molar-refractivity contribution is 5.26. The molecule has 0 unspecified atom stereocenters. The van der Waals surface area contributed by atoms with E-state index >= 15 is 0 Å². The van der Waals surface area contributed by atoms with E-state index in [1.54, 1.807) is 0 Å². The van der Waals surface area contributed by atoms with Gasteiger partial charge in [0.15, 0.2) is 29.1 Å². The van der Waals surface area contributed by atoms with Crippen LogP contribution in [-0.4, -0.2) is 4.57 Å². The lowest BCUT2D eigenvalue weighted by atomic mass is 10.1. The van der Waals surface area contributed by atoms with Crippen LogP contribution in [0.5, 0.6) is 5.75 Å². The number of unbranched alkanes of at least 4 members (excludes halogenated alkanes) is 4. The predicted molar refractivity (Wildman–Crippen MR) is 80.0 cm³/mol. The van der Waals surface area contributed by atoms with Crippen LogP contribution in [0.15, 0.2) is 18.7 Å². The van der Waals surface area contributed by atoms with E-state index < -0.39 is 34.8 Å². The van der Waals surface area contributed by atoms with Crippen molar-refractivity contribution in [3.05, 3.63) is 47.8 Å². The van der Waals surface area contributed by atoms with Crippen molar-refractivity contribution in [2.75, 3.05) is 0 Å². The van der Waals surface area contributed by atoms with Gasteiger partial charge in [-0.1, -0.05) is 26.2 Å². The van der Waals surface area contributed by atoms with Crippen molar-refractivity contribution in [3.63, 3.8) is 0 Å².